The molecule has 1 saturated heterocycles. The molecule has 19 heavy (non-hydrogen) atoms. The number of halogens is 1. The molecule has 2 N–H and O–H groups in total. The van der Waals surface area contributed by atoms with Crippen LogP contribution < -0.4 is 5.73 Å². The summed E-state index contributed by atoms with van der Waals surface area (Å²) < 4.78 is 0.970. The summed E-state index contributed by atoms with van der Waals surface area (Å²) in [6.07, 6.45) is 3.96. The van der Waals surface area contributed by atoms with Crippen molar-refractivity contribution in [2.45, 2.75) is 6.42 Å². The van der Waals surface area contributed by atoms with Crippen molar-refractivity contribution in [1.29, 1.82) is 0 Å². The van der Waals surface area contributed by atoms with E-state index < -0.39 is 0 Å². The van der Waals surface area contributed by atoms with Crippen LogP contribution in [0, 0.1) is 5.92 Å². The molecular weight excluding hydrogens is 308 g/mol. The van der Waals surface area contributed by atoms with Gasteiger partial charge in [0.25, 0.3) is 0 Å². The van der Waals surface area contributed by atoms with Crippen LogP contribution in [0.15, 0.2) is 34.8 Å². The molecule has 1 atom stereocenters. The SMILES string of the molecule is NC(=O)[C@@H]1CCN(C(=O)/C=C/c2cccc(Br)c2)C1. The second-order valence-electron chi connectivity index (χ2n) is 4.56. The van der Waals surface area contributed by atoms with Gasteiger partial charge in [-0.15, -0.1) is 0 Å². The molecule has 1 heterocycles. The maximum atomic E-state index is 11.9. The molecule has 0 radical (unpaired) electrons. The molecule has 1 aliphatic heterocycles. The fourth-order valence-corrected chi connectivity index (χ4v) is 2.49. The molecular formula is C14H15BrN2O2. The zero-order chi connectivity index (χ0) is 13.8. The van der Waals surface area contributed by atoms with Gasteiger partial charge in [0.1, 0.15) is 0 Å². The van der Waals surface area contributed by atoms with E-state index in [1.807, 2.05) is 24.3 Å². The molecule has 0 unspecified atom stereocenters. The van der Waals surface area contributed by atoms with Crippen molar-refractivity contribution in [3.8, 4) is 0 Å². The molecule has 0 aromatic heterocycles. The van der Waals surface area contributed by atoms with Crippen molar-refractivity contribution >= 4 is 33.8 Å². The van der Waals surface area contributed by atoms with Gasteiger partial charge in [0, 0.05) is 23.6 Å². The zero-order valence-electron chi connectivity index (χ0n) is 10.4. The average molecular weight is 323 g/mol. The lowest BCUT2D eigenvalue weighted by Crippen LogP contribution is -2.30. The standard InChI is InChI=1S/C14H15BrN2O2/c15-12-3-1-2-10(8-12)4-5-13(18)17-7-6-11(9-17)14(16)19/h1-5,8,11H,6-7,9H2,(H2,16,19)/b5-4+/t11-/m1/s1. The van der Waals surface area contributed by atoms with E-state index in [1.165, 1.54) is 6.08 Å². The van der Waals surface area contributed by atoms with Crippen LogP contribution in [-0.4, -0.2) is 29.8 Å². The summed E-state index contributed by atoms with van der Waals surface area (Å²) in [7, 11) is 0. The summed E-state index contributed by atoms with van der Waals surface area (Å²) >= 11 is 3.38. The Balaban J connectivity index is 1.96. The lowest BCUT2D eigenvalue weighted by molar-refractivity contribution is -0.125. The maximum Gasteiger partial charge on any atom is 0.246 e. The first-order valence-corrected chi connectivity index (χ1v) is 6.87. The first-order valence-electron chi connectivity index (χ1n) is 6.08. The van der Waals surface area contributed by atoms with Crippen molar-refractivity contribution in [3.05, 3.63) is 40.4 Å². The summed E-state index contributed by atoms with van der Waals surface area (Å²) in [6.45, 7) is 1.02. The van der Waals surface area contributed by atoms with Crippen LogP contribution in [0.1, 0.15) is 12.0 Å². The van der Waals surface area contributed by atoms with Crippen molar-refractivity contribution in [2.75, 3.05) is 13.1 Å². The fourth-order valence-electron chi connectivity index (χ4n) is 2.08. The molecule has 0 bridgehead atoms. The number of amides is 2. The third-order valence-corrected chi connectivity index (χ3v) is 3.66. The van der Waals surface area contributed by atoms with Crippen LogP contribution in [0.3, 0.4) is 0 Å². The lowest BCUT2D eigenvalue weighted by Gasteiger charge is -2.13. The quantitative estimate of drug-likeness (QED) is 0.862. The molecule has 1 aromatic carbocycles. The van der Waals surface area contributed by atoms with E-state index in [4.69, 9.17) is 5.73 Å². The van der Waals surface area contributed by atoms with Crippen molar-refractivity contribution in [3.63, 3.8) is 0 Å². The number of nitrogens with zero attached hydrogens (tertiary/aromatic N) is 1. The smallest absolute Gasteiger partial charge is 0.246 e. The molecule has 0 aliphatic carbocycles. The van der Waals surface area contributed by atoms with Crippen molar-refractivity contribution in [2.24, 2.45) is 11.7 Å². The van der Waals surface area contributed by atoms with Gasteiger partial charge in [-0.05, 0) is 30.2 Å². The molecule has 1 aliphatic rings. The van der Waals surface area contributed by atoms with Crippen LogP contribution in [0.25, 0.3) is 6.08 Å². The zero-order valence-corrected chi connectivity index (χ0v) is 12.0. The predicted octanol–water partition coefficient (Wildman–Crippen LogP) is 1.80. The second kappa shape index (κ2) is 6.02. The Morgan fingerprint density at radius 1 is 1.42 bits per heavy atom. The molecule has 2 rings (SSSR count). The van der Waals surface area contributed by atoms with Crippen molar-refractivity contribution in [1.82, 2.24) is 4.90 Å². The average Bonchev–Trinajstić information content (AvgIpc) is 2.86. The Bertz CT molecular complexity index is 528. The Morgan fingerprint density at radius 3 is 2.84 bits per heavy atom. The molecule has 1 fully saturated rings. The number of hydrogen-bond donors (Lipinski definition) is 1. The van der Waals surface area contributed by atoms with Gasteiger partial charge in [-0.2, -0.15) is 0 Å². The van der Waals surface area contributed by atoms with E-state index in [-0.39, 0.29) is 17.7 Å². The van der Waals surface area contributed by atoms with Crippen LogP contribution in [0.4, 0.5) is 0 Å². The minimum Gasteiger partial charge on any atom is -0.369 e. The van der Waals surface area contributed by atoms with E-state index in [9.17, 15) is 9.59 Å². The monoisotopic (exact) mass is 322 g/mol. The van der Waals surface area contributed by atoms with Gasteiger partial charge in [-0.25, -0.2) is 0 Å². The highest BCUT2D eigenvalue weighted by atomic mass is 79.9. The summed E-state index contributed by atoms with van der Waals surface area (Å²) in [6, 6.07) is 7.69. The van der Waals surface area contributed by atoms with Crippen molar-refractivity contribution < 1.29 is 9.59 Å². The van der Waals surface area contributed by atoms with Crippen LogP contribution >= 0.6 is 15.9 Å². The topological polar surface area (TPSA) is 63.4 Å². The number of benzene rings is 1. The number of primary amides is 1. The summed E-state index contributed by atoms with van der Waals surface area (Å²) in [5, 5.41) is 0. The normalized spacial score (nSPS) is 19.0. The van der Waals surface area contributed by atoms with E-state index >= 15 is 0 Å². The molecule has 0 spiro atoms. The van der Waals surface area contributed by atoms with Crippen LogP contribution in [0.5, 0.6) is 0 Å². The van der Waals surface area contributed by atoms with Crippen LogP contribution in [-0.2, 0) is 9.59 Å². The van der Waals surface area contributed by atoms with Gasteiger partial charge in [-0.3, -0.25) is 9.59 Å². The third-order valence-electron chi connectivity index (χ3n) is 3.17. The molecule has 0 saturated carbocycles. The molecule has 5 heteroatoms. The Labute approximate surface area is 120 Å². The summed E-state index contributed by atoms with van der Waals surface area (Å²) in [5.74, 6) is -0.613. The van der Waals surface area contributed by atoms with Gasteiger partial charge in [-0.1, -0.05) is 28.1 Å². The molecule has 1 aromatic rings. The molecule has 4 nitrogen and oxygen atoms in total. The van der Waals surface area contributed by atoms with E-state index in [2.05, 4.69) is 15.9 Å². The summed E-state index contributed by atoms with van der Waals surface area (Å²) in [5.41, 5.74) is 6.19. The lowest BCUT2D eigenvalue weighted by atomic mass is 10.1. The first-order chi connectivity index (χ1) is 9.06. The number of carbonyl (C=O) groups is 2. The van der Waals surface area contributed by atoms with Crippen LogP contribution in [0.2, 0.25) is 0 Å². The molecule has 2 amide bonds. The van der Waals surface area contributed by atoms with Gasteiger partial charge >= 0.3 is 0 Å². The number of nitrogens with two attached hydrogens (primary N) is 1. The largest absolute Gasteiger partial charge is 0.369 e. The Morgan fingerprint density at radius 2 is 2.21 bits per heavy atom. The van der Waals surface area contributed by atoms with E-state index in [0.717, 1.165) is 10.0 Å². The minimum atomic E-state index is -0.328. The maximum absolute atomic E-state index is 11.9. The number of rotatable bonds is 3. The summed E-state index contributed by atoms with van der Waals surface area (Å²) in [4.78, 5) is 24.7. The number of likely N-dealkylation sites (tertiary alicyclic amines) is 1. The highest BCUT2D eigenvalue weighted by Gasteiger charge is 2.28. The minimum absolute atomic E-state index is 0.0799. The van der Waals surface area contributed by atoms with E-state index in [1.54, 1.807) is 11.0 Å². The highest BCUT2D eigenvalue weighted by molar-refractivity contribution is 9.10. The van der Waals surface area contributed by atoms with E-state index in [0.29, 0.717) is 19.5 Å². The Hall–Kier alpha value is -1.62. The third kappa shape index (κ3) is 3.67. The second-order valence-corrected chi connectivity index (χ2v) is 5.48. The van der Waals surface area contributed by atoms with Gasteiger partial charge in [0.05, 0.1) is 5.92 Å². The van der Waals surface area contributed by atoms with Gasteiger partial charge in [0.15, 0.2) is 0 Å². The number of hydrogen-bond acceptors (Lipinski definition) is 2. The predicted molar refractivity (Wildman–Crippen MR) is 77.1 cm³/mol. The first kappa shape index (κ1) is 13.8. The van der Waals surface area contributed by atoms with Gasteiger partial charge in [0.2, 0.25) is 11.8 Å². The fraction of sp³-hybridized carbons (Fsp3) is 0.286. The molecule has 100 valence electrons. The number of carbonyl (C=O) groups excluding carboxylic acids is 2. The highest BCUT2D eigenvalue weighted by Crippen LogP contribution is 2.17. The van der Waals surface area contributed by atoms with Gasteiger partial charge < -0.3 is 10.6 Å². The Kier molecular flexibility index (Phi) is 4.37.